The first-order chi connectivity index (χ1) is 6.75. The summed E-state index contributed by atoms with van der Waals surface area (Å²) in [7, 11) is 0. The molecular weight excluding hydrogens is 184 g/mol. The van der Waals surface area contributed by atoms with Crippen molar-refractivity contribution in [1.82, 2.24) is 5.32 Å². The molecule has 2 atom stereocenters. The molecule has 0 aromatic heterocycles. The van der Waals surface area contributed by atoms with E-state index in [4.69, 9.17) is 5.73 Å². The minimum atomic E-state index is 0.294. The Morgan fingerprint density at radius 3 is 2.00 bits per heavy atom. The van der Waals surface area contributed by atoms with Gasteiger partial charge in [-0.2, -0.15) is 0 Å². The zero-order valence-electron chi connectivity index (χ0n) is 11.2. The van der Waals surface area contributed by atoms with Gasteiger partial charge in [-0.1, -0.05) is 48.0 Å². The van der Waals surface area contributed by atoms with Crippen molar-refractivity contribution in [3.05, 3.63) is 0 Å². The van der Waals surface area contributed by atoms with Crippen LogP contribution in [0.3, 0.4) is 0 Å². The highest BCUT2D eigenvalue weighted by molar-refractivity contribution is 5.17. The van der Waals surface area contributed by atoms with Crippen LogP contribution in [0.15, 0.2) is 0 Å². The molecule has 1 rings (SSSR count). The van der Waals surface area contributed by atoms with Gasteiger partial charge in [0.2, 0.25) is 0 Å². The van der Waals surface area contributed by atoms with Gasteiger partial charge in [0.25, 0.3) is 0 Å². The van der Waals surface area contributed by atoms with Crippen LogP contribution in [0.1, 0.15) is 48.0 Å². The Morgan fingerprint density at radius 2 is 1.67 bits per heavy atom. The lowest BCUT2D eigenvalue weighted by atomic mass is 10.00. The Bertz CT molecular complexity index is 207. The van der Waals surface area contributed by atoms with Crippen LogP contribution in [0.5, 0.6) is 0 Å². The highest BCUT2D eigenvalue weighted by Crippen LogP contribution is 2.62. The maximum absolute atomic E-state index is 6.12. The van der Waals surface area contributed by atoms with Crippen LogP contribution in [-0.2, 0) is 0 Å². The van der Waals surface area contributed by atoms with Crippen LogP contribution in [-0.4, -0.2) is 18.6 Å². The Labute approximate surface area is 95.0 Å². The van der Waals surface area contributed by atoms with Crippen molar-refractivity contribution in [2.24, 2.45) is 22.5 Å². The van der Waals surface area contributed by atoms with Crippen LogP contribution in [0.4, 0.5) is 0 Å². The lowest BCUT2D eigenvalue weighted by Crippen LogP contribution is -2.40. The molecule has 0 aromatic carbocycles. The largest absolute Gasteiger partial charge is 0.326 e. The van der Waals surface area contributed by atoms with E-state index in [-0.39, 0.29) is 0 Å². The third-order valence-corrected chi connectivity index (χ3v) is 4.95. The van der Waals surface area contributed by atoms with E-state index >= 15 is 0 Å². The molecule has 1 saturated carbocycles. The Kier molecular flexibility index (Phi) is 3.52. The summed E-state index contributed by atoms with van der Waals surface area (Å²) < 4.78 is 0. The number of nitrogens with two attached hydrogens (primary N) is 1. The standard InChI is InChI=1S/C13H28N2/c1-7-9(2)10(14)8-15-11-12(3,4)13(11,5)6/h9-11,15H,7-8,14H2,1-6H3. The average molecular weight is 212 g/mol. The smallest absolute Gasteiger partial charge is 0.0191 e. The topological polar surface area (TPSA) is 38.0 Å². The maximum atomic E-state index is 6.12. The lowest BCUT2D eigenvalue weighted by molar-refractivity contribution is 0.405. The fraction of sp³-hybridized carbons (Fsp3) is 1.00. The average Bonchev–Trinajstić information content (AvgIpc) is 2.53. The quantitative estimate of drug-likeness (QED) is 0.734. The molecule has 0 aromatic rings. The third kappa shape index (κ3) is 2.21. The predicted molar refractivity (Wildman–Crippen MR) is 66.8 cm³/mol. The highest BCUT2D eigenvalue weighted by Gasteiger charge is 2.64. The van der Waals surface area contributed by atoms with Gasteiger partial charge in [0.05, 0.1) is 0 Å². The van der Waals surface area contributed by atoms with Crippen molar-refractivity contribution >= 4 is 0 Å². The summed E-state index contributed by atoms with van der Waals surface area (Å²) in [6, 6.07) is 0.919. The summed E-state index contributed by atoms with van der Waals surface area (Å²) in [5.74, 6) is 0.613. The molecule has 0 amide bonds. The zero-order valence-corrected chi connectivity index (χ0v) is 11.2. The summed E-state index contributed by atoms with van der Waals surface area (Å²) >= 11 is 0. The molecule has 1 fully saturated rings. The number of hydrogen-bond acceptors (Lipinski definition) is 2. The molecule has 15 heavy (non-hydrogen) atoms. The van der Waals surface area contributed by atoms with Gasteiger partial charge >= 0.3 is 0 Å². The van der Waals surface area contributed by atoms with Gasteiger partial charge in [-0.15, -0.1) is 0 Å². The van der Waals surface area contributed by atoms with E-state index < -0.39 is 0 Å². The minimum absolute atomic E-state index is 0.294. The second kappa shape index (κ2) is 4.06. The highest BCUT2D eigenvalue weighted by atomic mass is 15.1. The first-order valence-corrected chi connectivity index (χ1v) is 6.24. The fourth-order valence-electron chi connectivity index (χ4n) is 2.46. The molecule has 0 aliphatic heterocycles. The second-order valence-corrected chi connectivity index (χ2v) is 6.33. The molecule has 0 heterocycles. The number of nitrogens with one attached hydrogen (secondary N) is 1. The molecule has 2 unspecified atom stereocenters. The summed E-state index contributed by atoms with van der Waals surface area (Å²) in [5.41, 5.74) is 6.96. The van der Waals surface area contributed by atoms with Gasteiger partial charge in [0.1, 0.15) is 0 Å². The van der Waals surface area contributed by atoms with Gasteiger partial charge in [-0.05, 0) is 16.7 Å². The predicted octanol–water partition coefficient (Wildman–Crippen LogP) is 2.38. The molecule has 0 spiro atoms. The third-order valence-electron chi connectivity index (χ3n) is 4.95. The van der Waals surface area contributed by atoms with E-state index in [2.05, 4.69) is 46.9 Å². The maximum Gasteiger partial charge on any atom is 0.0191 e. The molecule has 0 bridgehead atoms. The van der Waals surface area contributed by atoms with E-state index in [1.54, 1.807) is 0 Å². The Hall–Kier alpha value is -0.0800. The van der Waals surface area contributed by atoms with Crippen LogP contribution in [0, 0.1) is 16.7 Å². The van der Waals surface area contributed by atoms with Gasteiger partial charge in [-0.25, -0.2) is 0 Å². The van der Waals surface area contributed by atoms with Crippen LogP contribution in [0.25, 0.3) is 0 Å². The SMILES string of the molecule is CCC(C)C(N)CNC1C(C)(C)C1(C)C. The van der Waals surface area contributed by atoms with Gasteiger partial charge < -0.3 is 11.1 Å². The minimum Gasteiger partial charge on any atom is -0.326 e. The van der Waals surface area contributed by atoms with E-state index in [0.29, 0.717) is 28.8 Å². The van der Waals surface area contributed by atoms with Gasteiger partial charge in [0.15, 0.2) is 0 Å². The lowest BCUT2D eigenvalue weighted by Gasteiger charge is -2.19. The van der Waals surface area contributed by atoms with Crippen LogP contribution < -0.4 is 11.1 Å². The molecular formula is C13H28N2. The number of rotatable bonds is 5. The van der Waals surface area contributed by atoms with Crippen molar-refractivity contribution in [2.75, 3.05) is 6.54 Å². The first kappa shape index (κ1) is 13.0. The van der Waals surface area contributed by atoms with E-state index in [1.165, 1.54) is 6.42 Å². The summed E-state index contributed by atoms with van der Waals surface area (Å²) in [5, 5.41) is 3.63. The molecule has 2 nitrogen and oxygen atoms in total. The molecule has 3 N–H and O–H groups in total. The summed E-state index contributed by atoms with van der Waals surface area (Å²) in [4.78, 5) is 0. The van der Waals surface area contributed by atoms with E-state index in [9.17, 15) is 0 Å². The summed E-state index contributed by atoms with van der Waals surface area (Å²) in [6.07, 6.45) is 1.17. The molecule has 0 radical (unpaired) electrons. The van der Waals surface area contributed by atoms with Crippen molar-refractivity contribution in [3.8, 4) is 0 Å². The van der Waals surface area contributed by atoms with Crippen LogP contribution >= 0.6 is 0 Å². The number of hydrogen-bond donors (Lipinski definition) is 2. The molecule has 1 aliphatic carbocycles. The van der Waals surface area contributed by atoms with Gasteiger partial charge in [-0.3, -0.25) is 0 Å². The van der Waals surface area contributed by atoms with Crippen LogP contribution in [0.2, 0.25) is 0 Å². The van der Waals surface area contributed by atoms with Crippen molar-refractivity contribution in [2.45, 2.75) is 60.0 Å². The first-order valence-electron chi connectivity index (χ1n) is 6.24. The van der Waals surface area contributed by atoms with Crippen molar-refractivity contribution in [3.63, 3.8) is 0 Å². The van der Waals surface area contributed by atoms with E-state index in [1.807, 2.05) is 0 Å². The van der Waals surface area contributed by atoms with Crippen molar-refractivity contribution < 1.29 is 0 Å². The molecule has 1 aliphatic rings. The van der Waals surface area contributed by atoms with Crippen molar-refractivity contribution in [1.29, 1.82) is 0 Å². The van der Waals surface area contributed by atoms with E-state index in [0.717, 1.165) is 6.54 Å². The normalized spacial score (nSPS) is 27.4. The summed E-state index contributed by atoms with van der Waals surface area (Å²) in [6.45, 7) is 14.7. The second-order valence-electron chi connectivity index (χ2n) is 6.33. The molecule has 0 saturated heterocycles. The Balaban J connectivity index is 2.34. The fourth-order valence-corrected chi connectivity index (χ4v) is 2.46. The molecule has 90 valence electrons. The molecule has 2 heteroatoms. The Morgan fingerprint density at radius 1 is 1.20 bits per heavy atom. The van der Waals surface area contributed by atoms with Gasteiger partial charge in [0, 0.05) is 18.6 Å². The zero-order chi connectivity index (χ0) is 11.9. The monoisotopic (exact) mass is 212 g/mol.